The molecule has 4 aliphatic carbocycles. The molecule has 0 aliphatic heterocycles. The second kappa shape index (κ2) is 6.57. The lowest BCUT2D eigenvalue weighted by Gasteiger charge is -2.64. The Morgan fingerprint density at radius 1 is 1.21 bits per heavy atom. The van der Waals surface area contributed by atoms with Crippen molar-refractivity contribution in [3.8, 4) is 0 Å². The lowest BCUT2D eigenvalue weighted by Crippen LogP contribution is -2.61. The molecule has 2 N–H and O–H groups in total. The number of carbonyl (C=O) groups is 1. The fraction of sp³-hybridized carbons (Fsp3) is 0.944. The molecule has 0 aromatic rings. The predicted octanol–water partition coefficient (Wildman–Crippen LogP) is 3.10. The first-order valence-corrected chi connectivity index (χ1v) is 10.9. The number of halogens is 3. The summed E-state index contributed by atoms with van der Waals surface area (Å²) < 4.78 is 74.8. The number of carbonyl (C=O) groups excluding carboxylic acids is 1. The smallest absolute Gasteiger partial charge is 0.400 e. The zero-order valence-corrected chi connectivity index (χ0v) is 16.8. The van der Waals surface area contributed by atoms with Crippen molar-refractivity contribution >= 4 is 16.1 Å². The van der Waals surface area contributed by atoms with Crippen LogP contribution in [0.2, 0.25) is 0 Å². The van der Waals surface area contributed by atoms with Crippen LogP contribution in [0.25, 0.3) is 0 Å². The minimum Gasteiger partial charge on any atom is -0.465 e. The predicted molar refractivity (Wildman–Crippen MR) is 92.8 cm³/mol. The molecule has 6 nitrogen and oxygen atoms in total. The summed E-state index contributed by atoms with van der Waals surface area (Å²) in [5.74, 6) is -0.0476. The van der Waals surface area contributed by atoms with Gasteiger partial charge in [-0.05, 0) is 64.2 Å². The zero-order valence-electron chi connectivity index (χ0n) is 16.0. The molecule has 0 spiro atoms. The highest BCUT2D eigenvalue weighted by molar-refractivity contribution is 7.86. The molecule has 0 amide bonds. The fourth-order valence-electron chi connectivity index (χ4n) is 5.96. The summed E-state index contributed by atoms with van der Waals surface area (Å²) in [4.78, 5) is 12.8. The van der Waals surface area contributed by atoms with Crippen LogP contribution in [0, 0.1) is 22.7 Å². The maximum atomic E-state index is 13.6. The summed E-state index contributed by atoms with van der Waals surface area (Å²) in [5.41, 5.74) is -2.20. The van der Waals surface area contributed by atoms with Crippen molar-refractivity contribution in [1.82, 2.24) is 0 Å². The van der Waals surface area contributed by atoms with Gasteiger partial charge in [0.15, 0.2) is 6.17 Å². The number of esters is 1. The molecule has 28 heavy (non-hydrogen) atoms. The van der Waals surface area contributed by atoms with Gasteiger partial charge < -0.3 is 9.84 Å². The lowest BCUT2D eigenvalue weighted by molar-refractivity contribution is -0.209. The second-order valence-electron chi connectivity index (χ2n) is 9.51. The van der Waals surface area contributed by atoms with Crippen LogP contribution in [0.15, 0.2) is 0 Å². The van der Waals surface area contributed by atoms with E-state index >= 15 is 0 Å². The van der Waals surface area contributed by atoms with Gasteiger partial charge in [-0.2, -0.15) is 17.2 Å². The Balaban J connectivity index is 1.67. The summed E-state index contributed by atoms with van der Waals surface area (Å²) in [6.45, 7) is 2.77. The van der Waals surface area contributed by atoms with Crippen molar-refractivity contribution in [2.24, 2.45) is 22.7 Å². The van der Waals surface area contributed by atoms with Crippen LogP contribution in [0.3, 0.4) is 0 Å². The first-order valence-electron chi connectivity index (χ1n) is 9.50. The van der Waals surface area contributed by atoms with Crippen molar-refractivity contribution < 1.29 is 40.8 Å². The highest BCUT2D eigenvalue weighted by atomic mass is 32.2. The van der Waals surface area contributed by atoms with Crippen LogP contribution < -0.4 is 0 Å². The van der Waals surface area contributed by atoms with E-state index in [-0.39, 0.29) is 11.8 Å². The van der Waals surface area contributed by atoms with Gasteiger partial charge in [0.2, 0.25) is 0 Å². The van der Waals surface area contributed by atoms with Crippen LogP contribution in [0.5, 0.6) is 0 Å². The monoisotopic (exact) mass is 428 g/mol. The van der Waals surface area contributed by atoms with E-state index in [0.29, 0.717) is 19.3 Å². The first-order chi connectivity index (χ1) is 12.6. The molecule has 4 fully saturated rings. The Labute approximate surface area is 162 Å². The van der Waals surface area contributed by atoms with Crippen molar-refractivity contribution in [3.63, 3.8) is 0 Å². The van der Waals surface area contributed by atoms with Gasteiger partial charge in [-0.25, -0.2) is 4.39 Å². The Hall–Kier alpha value is -0.870. The molecular formula is C18H27F3O6S. The van der Waals surface area contributed by atoms with E-state index in [2.05, 4.69) is 0 Å². The molecule has 162 valence electrons. The second-order valence-corrected chi connectivity index (χ2v) is 11.0. The van der Waals surface area contributed by atoms with Crippen molar-refractivity contribution in [2.45, 2.75) is 75.8 Å². The molecular weight excluding hydrogens is 401 g/mol. The van der Waals surface area contributed by atoms with Crippen LogP contribution in [0.1, 0.15) is 58.8 Å². The van der Waals surface area contributed by atoms with Crippen LogP contribution >= 0.6 is 0 Å². The summed E-state index contributed by atoms with van der Waals surface area (Å²) in [6.07, 6.45) is 0.0492. The van der Waals surface area contributed by atoms with E-state index in [4.69, 9.17) is 9.29 Å². The molecule has 0 radical (unpaired) electrons. The van der Waals surface area contributed by atoms with E-state index in [1.54, 1.807) is 13.8 Å². The normalized spacial score (nSPS) is 36.4. The van der Waals surface area contributed by atoms with E-state index < -0.39 is 57.0 Å². The van der Waals surface area contributed by atoms with Gasteiger partial charge in [0.05, 0.1) is 17.6 Å². The van der Waals surface area contributed by atoms with Gasteiger partial charge in [0, 0.05) is 11.8 Å². The Bertz CT molecular complexity index is 731. The number of ether oxygens (including phenoxy) is 1. The van der Waals surface area contributed by atoms with Crippen molar-refractivity contribution in [2.75, 3.05) is 6.61 Å². The van der Waals surface area contributed by atoms with E-state index in [1.807, 2.05) is 0 Å². The van der Waals surface area contributed by atoms with Gasteiger partial charge in [0.25, 0.3) is 0 Å². The van der Waals surface area contributed by atoms with Gasteiger partial charge >= 0.3 is 21.3 Å². The molecule has 10 heteroatoms. The SMILES string of the molecule is CC(C)(O)C12CC3CC(CC(C(=O)OCCC(F)C(F)(F)S(=O)(=O)O)(C3)C1)C2. The zero-order chi connectivity index (χ0) is 21.2. The van der Waals surface area contributed by atoms with Crippen molar-refractivity contribution in [1.29, 1.82) is 0 Å². The Morgan fingerprint density at radius 3 is 2.21 bits per heavy atom. The molecule has 0 heterocycles. The fourth-order valence-corrected chi connectivity index (χ4v) is 6.40. The van der Waals surface area contributed by atoms with E-state index in [0.717, 1.165) is 19.3 Å². The van der Waals surface area contributed by atoms with Gasteiger partial charge in [-0.3, -0.25) is 9.35 Å². The minimum absolute atomic E-state index is 0.276. The maximum absolute atomic E-state index is 13.6. The Morgan fingerprint density at radius 2 is 1.75 bits per heavy atom. The average Bonchev–Trinajstić information content (AvgIpc) is 2.51. The first kappa shape index (κ1) is 21.8. The molecule has 3 unspecified atom stereocenters. The van der Waals surface area contributed by atoms with Gasteiger partial charge in [-0.15, -0.1) is 0 Å². The quantitative estimate of drug-likeness (QED) is 0.477. The van der Waals surface area contributed by atoms with Gasteiger partial charge in [-0.1, -0.05) is 0 Å². The van der Waals surface area contributed by atoms with Crippen LogP contribution in [-0.2, 0) is 19.6 Å². The topological polar surface area (TPSA) is 101 Å². The largest absolute Gasteiger partial charge is 0.465 e. The summed E-state index contributed by atoms with van der Waals surface area (Å²) >= 11 is 0. The maximum Gasteiger partial charge on any atom is 0.400 e. The van der Waals surface area contributed by atoms with E-state index in [9.17, 15) is 31.5 Å². The van der Waals surface area contributed by atoms with E-state index in [1.165, 1.54) is 0 Å². The highest BCUT2D eigenvalue weighted by Crippen LogP contribution is 2.68. The van der Waals surface area contributed by atoms with Crippen molar-refractivity contribution in [3.05, 3.63) is 0 Å². The minimum atomic E-state index is -5.89. The number of hydrogen-bond donors (Lipinski definition) is 2. The number of hydrogen-bond acceptors (Lipinski definition) is 5. The number of aliphatic hydroxyl groups is 1. The summed E-state index contributed by atoms with van der Waals surface area (Å²) in [5, 5.41) is 5.77. The molecule has 0 aromatic heterocycles. The molecule has 4 bridgehead atoms. The molecule has 4 saturated carbocycles. The third-order valence-corrected chi connectivity index (χ3v) is 8.05. The summed E-state index contributed by atoms with van der Waals surface area (Å²) in [7, 11) is -5.89. The third-order valence-electron chi connectivity index (χ3n) is 7.10. The lowest BCUT2D eigenvalue weighted by atomic mass is 9.41. The summed E-state index contributed by atoms with van der Waals surface area (Å²) in [6, 6.07) is 0. The van der Waals surface area contributed by atoms with Gasteiger partial charge in [0.1, 0.15) is 0 Å². The van der Waals surface area contributed by atoms with Crippen LogP contribution in [-0.4, -0.2) is 47.7 Å². The molecule has 3 atom stereocenters. The molecule has 0 saturated heterocycles. The molecule has 4 rings (SSSR count). The molecule has 0 aromatic carbocycles. The average molecular weight is 428 g/mol. The number of rotatable bonds is 7. The van der Waals surface area contributed by atoms with Crippen LogP contribution in [0.4, 0.5) is 13.2 Å². The third kappa shape index (κ3) is 3.45. The highest BCUT2D eigenvalue weighted by Gasteiger charge is 2.65. The standard InChI is InChI=1S/C18H27F3O6S/c1-15(2,23)17-8-11-5-12(9-17)7-16(6-11,10-17)14(22)27-4-3-13(19)18(20,21)28(24,25)26/h11-13,23H,3-10H2,1-2H3,(H,24,25,26). The molecule has 4 aliphatic rings. The number of alkyl halides is 3. The Kier molecular flexibility index (Phi) is 5.12.